The molecule has 4 nitrogen and oxygen atoms in total. The van der Waals surface area contributed by atoms with Crippen LogP contribution in [0, 0.1) is 17.8 Å². The second-order valence-electron chi connectivity index (χ2n) is 8.29. The summed E-state index contributed by atoms with van der Waals surface area (Å²) in [5.74, 6) is 2.80. The van der Waals surface area contributed by atoms with Gasteiger partial charge in [-0.1, -0.05) is 19.3 Å². The van der Waals surface area contributed by atoms with E-state index in [1.807, 2.05) is 12.4 Å². The fraction of sp³-hybridized carbons (Fsp3) is 0.714. The van der Waals surface area contributed by atoms with Crippen LogP contribution in [0.1, 0.15) is 69.4 Å². The van der Waals surface area contributed by atoms with Crippen LogP contribution in [0.5, 0.6) is 0 Å². The fourth-order valence-corrected chi connectivity index (χ4v) is 5.48. The SMILES string of the molecule is O=C(NCC[C@@H]1C[C@H]2CC[C@H]1C2)N1CCCCC[C@H]1c1ccncc1. The van der Waals surface area contributed by atoms with Gasteiger partial charge in [-0.3, -0.25) is 4.98 Å². The van der Waals surface area contributed by atoms with E-state index in [-0.39, 0.29) is 12.1 Å². The molecular formula is C21H31N3O. The normalized spacial score (nSPS) is 31.8. The molecule has 2 bridgehead atoms. The van der Waals surface area contributed by atoms with E-state index in [0.717, 1.165) is 43.7 Å². The fourth-order valence-electron chi connectivity index (χ4n) is 5.48. The molecule has 1 N–H and O–H groups in total. The largest absolute Gasteiger partial charge is 0.338 e. The average Bonchev–Trinajstić information content (AvgIpc) is 3.17. The number of nitrogens with zero attached hydrogens (tertiary/aromatic N) is 2. The summed E-state index contributed by atoms with van der Waals surface area (Å²) < 4.78 is 0. The molecule has 2 heterocycles. The van der Waals surface area contributed by atoms with Crippen LogP contribution < -0.4 is 5.32 Å². The number of hydrogen-bond acceptors (Lipinski definition) is 2. The van der Waals surface area contributed by atoms with Crippen LogP contribution in [0.3, 0.4) is 0 Å². The first-order chi connectivity index (χ1) is 12.3. The lowest BCUT2D eigenvalue weighted by Crippen LogP contribution is -2.43. The number of amides is 2. The van der Waals surface area contributed by atoms with Crippen LogP contribution in [0.25, 0.3) is 0 Å². The Morgan fingerprint density at radius 1 is 1.12 bits per heavy atom. The Morgan fingerprint density at radius 3 is 2.76 bits per heavy atom. The quantitative estimate of drug-likeness (QED) is 0.874. The zero-order valence-corrected chi connectivity index (χ0v) is 15.2. The first-order valence-electron chi connectivity index (χ1n) is 10.3. The van der Waals surface area contributed by atoms with Crippen molar-refractivity contribution in [1.29, 1.82) is 0 Å². The molecule has 0 unspecified atom stereocenters. The molecule has 0 radical (unpaired) electrons. The third-order valence-electron chi connectivity index (χ3n) is 6.78. The van der Waals surface area contributed by atoms with Gasteiger partial charge < -0.3 is 10.2 Å². The van der Waals surface area contributed by atoms with Crippen LogP contribution in [0.15, 0.2) is 24.5 Å². The van der Waals surface area contributed by atoms with E-state index < -0.39 is 0 Å². The third-order valence-corrected chi connectivity index (χ3v) is 6.78. The van der Waals surface area contributed by atoms with E-state index in [0.29, 0.717) is 0 Å². The molecule has 0 aromatic carbocycles. The average molecular weight is 341 g/mol. The lowest BCUT2D eigenvalue weighted by atomic mass is 9.86. The topological polar surface area (TPSA) is 45.2 Å². The van der Waals surface area contributed by atoms with E-state index in [2.05, 4.69) is 27.3 Å². The molecule has 1 aliphatic heterocycles. The van der Waals surface area contributed by atoms with Gasteiger partial charge in [-0.2, -0.15) is 0 Å². The molecule has 3 aliphatic rings. The van der Waals surface area contributed by atoms with Crippen molar-refractivity contribution >= 4 is 6.03 Å². The Labute approximate surface area is 151 Å². The van der Waals surface area contributed by atoms with Crippen LogP contribution in [0.2, 0.25) is 0 Å². The Bertz CT molecular complexity index is 576. The molecule has 4 atom stereocenters. The van der Waals surface area contributed by atoms with Crippen molar-refractivity contribution in [2.24, 2.45) is 17.8 Å². The Morgan fingerprint density at radius 2 is 2.00 bits per heavy atom. The minimum Gasteiger partial charge on any atom is -0.338 e. The van der Waals surface area contributed by atoms with Crippen molar-refractivity contribution in [3.8, 4) is 0 Å². The molecule has 3 fully saturated rings. The van der Waals surface area contributed by atoms with Crippen LogP contribution in [0.4, 0.5) is 4.79 Å². The minimum atomic E-state index is 0.131. The molecule has 4 rings (SSSR count). The maximum atomic E-state index is 12.9. The highest BCUT2D eigenvalue weighted by Crippen LogP contribution is 2.49. The smallest absolute Gasteiger partial charge is 0.317 e. The van der Waals surface area contributed by atoms with Crippen molar-refractivity contribution in [2.75, 3.05) is 13.1 Å². The van der Waals surface area contributed by atoms with Crippen LogP contribution >= 0.6 is 0 Å². The van der Waals surface area contributed by atoms with Crippen molar-refractivity contribution in [2.45, 2.75) is 63.8 Å². The van der Waals surface area contributed by atoms with Crippen molar-refractivity contribution < 1.29 is 4.79 Å². The van der Waals surface area contributed by atoms with Crippen molar-refractivity contribution in [3.05, 3.63) is 30.1 Å². The first-order valence-corrected chi connectivity index (χ1v) is 10.3. The number of aromatic nitrogens is 1. The summed E-state index contributed by atoms with van der Waals surface area (Å²) in [4.78, 5) is 19.1. The van der Waals surface area contributed by atoms with Crippen molar-refractivity contribution in [3.63, 3.8) is 0 Å². The second-order valence-corrected chi connectivity index (χ2v) is 8.29. The van der Waals surface area contributed by atoms with Gasteiger partial charge in [0.1, 0.15) is 0 Å². The summed E-state index contributed by atoms with van der Waals surface area (Å²) >= 11 is 0. The van der Waals surface area contributed by atoms with E-state index in [1.165, 1.54) is 50.5 Å². The molecule has 1 aromatic heterocycles. The predicted molar refractivity (Wildman–Crippen MR) is 99.1 cm³/mol. The highest BCUT2D eigenvalue weighted by molar-refractivity contribution is 5.74. The van der Waals surface area contributed by atoms with Gasteiger partial charge in [0.2, 0.25) is 0 Å². The monoisotopic (exact) mass is 341 g/mol. The predicted octanol–water partition coefficient (Wildman–Crippen LogP) is 4.53. The number of hydrogen-bond donors (Lipinski definition) is 1. The molecule has 1 saturated heterocycles. The van der Waals surface area contributed by atoms with Gasteiger partial charge in [-0.15, -0.1) is 0 Å². The number of likely N-dealkylation sites (tertiary alicyclic amines) is 1. The number of carbonyl (C=O) groups is 1. The molecule has 1 aromatic rings. The molecule has 2 aliphatic carbocycles. The third kappa shape index (κ3) is 3.83. The minimum absolute atomic E-state index is 0.131. The van der Waals surface area contributed by atoms with Gasteiger partial charge in [0.05, 0.1) is 6.04 Å². The van der Waals surface area contributed by atoms with Crippen molar-refractivity contribution in [1.82, 2.24) is 15.2 Å². The number of fused-ring (bicyclic) bond motifs is 2. The lowest BCUT2D eigenvalue weighted by Gasteiger charge is -2.31. The van der Waals surface area contributed by atoms with Crippen LogP contribution in [-0.4, -0.2) is 29.0 Å². The van der Waals surface area contributed by atoms with Gasteiger partial charge >= 0.3 is 6.03 Å². The summed E-state index contributed by atoms with van der Waals surface area (Å²) in [6, 6.07) is 4.46. The molecular weight excluding hydrogens is 310 g/mol. The molecule has 4 heteroatoms. The van der Waals surface area contributed by atoms with E-state index in [1.54, 1.807) is 0 Å². The zero-order chi connectivity index (χ0) is 17.1. The maximum Gasteiger partial charge on any atom is 0.317 e. The zero-order valence-electron chi connectivity index (χ0n) is 15.2. The standard InChI is InChI=1S/C21H31N3O/c25-21(23-12-9-19-15-16-5-6-18(19)14-16)24-13-3-1-2-4-20(24)17-7-10-22-11-8-17/h7-8,10-11,16,18-20H,1-6,9,12-15H2,(H,23,25)/t16-,18-,19+,20-/m0/s1. The van der Waals surface area contributed by atoms with Gasteiger partial charge in [0.25, 0.3) is 0 Å². The van der Waals surface area contributed by atoms with Gasteiger partial charge in [-0.25, -0.2) is 4.79 Å². The summed E-state index contributed by atoms with van der Waals surface area (Å²) in [6.07, 6.45) is 15.2. The van der Waals surface area contributed by atoms with E-state index >= 15 is 0 Å². The molecule has 25 heavy (non-hydrogen) atoms. The lowest BCUT2D eigenvalue weighted by molar-refractivity contribution is 0.174. The Hall–Kier alpha value is -1.58. The summed E-state index contributed by atoms with van der Waals surface area (Å²) in [7, 11) is 0. The van der Waals surface area contributed by atoms with Gasteiger partial charge in [0, 0.05) is 25.5 Å². The molecule has 2 amide bonds. The first kappa shape index (κ1) is 16.9. The summed E-state index contributed by atoms with van der Waals surface area (Å²) in [5.41, 5.74) is 1.22. The van der Waals surface area contributed by atoms with E-state index in [4.69, 9.17) is 0 Å². The highest BCUT2D eigenvalue weighted by Gasteiger charge is 2.39. The maximum absolute atomic E-state index is 12.9. The number of carbonyl (C=O) groups excluding carboxylic acids is 1. The van der Waals surface area contributed by atoms with E-state index in [9.17, 15) is 4.79 Å². The molecule has 2 saturated carbocycles. The summed E-state index contributed by atoms with van der Waals surface area (Å²) in [5, 5.41) is 3.24. The van der Waals surface area contributed by atoms with Gasteiger partial charge in [0.15, 0.2) is 0 Å². The number of pyridine rings is 1. The Balaban J connectivity index is 1.33. The second kappa shape index (κ2) is 7.76. The van der Waals surface area contributed by atoms with Gasteiger partial charge in [-0.05, 0) is 74.0 Å². The molecule has 0 spiro atoms. The highest BCUT2D eigenvalue weighted by atomic mass is 16.2. The number of rotatable bonds is 4. The van der Waals surface area contributed by atoms with Crippen LogP contribution in [-0.2, 0) is 0 Å². The number of urea groups is 1. The molecule has 136 valence electrons. The summed E-state index contributed by atoms with van der Waals surface area (Å²) in [6.45, 7) is 1.71. The number of nitrogens with one attached hydrogen (secondary N) is 1. The Kier molecular flexibility index (Phi) is 5.23.